The van der Waals surface area contributed by atoms with Gasteiger partial charge in [0.15, 0.2) is 0 Å². The molecule has 0 aromatic carbocycles. The Labute approximate surface area is 104 Å². The van der Waals surface area contributed by atoms with Crippen molar-refractivity contribution in [1.82, 2.24) is 9.78 Å². The van der Waals surface area contributed by atoms with E-state index in [0.29, 0.717) is 5.69 Å². The molecule has 0 aliphatic heterocycles. The lowest BCUT2D eigenvalue weighted by Gasteiger charge is -2.08. The van der Waals surface area contributed by atoms with Crippen molar-refractivity contribution in [2.75, 3.05) is 7.11 Å². The molecular formula is C12H14N2O2S. The lowest BCUT2D eigenvalue weighted by Crippen LogP contribution is -2.13. The maximum atomic E-state index is 11.6. The second kappa shape index (κ2) is 4.71. The van der Waals surface area contributed by atoms with Crippen molar-refractivity contribution in [3.8, 4) is 10.6 Å². The van der Waals surface area contributed by atoms with Crippen LogP contribution in [0.4, 0.5) is 0 Å². The third kappa shape index (κ3) is 2.24. The van der Waals surface area contributed by atoms with E-state index >= 15 is 0 Å². The van der Waals surface area contributed by atoms with Crippen LogP contribution < -0.4 is 0 Å². The Morgan fingerprint density at radius 2 is 2.29 bits per heavy atom. The van der Waals surface area contributed by atoms with Gasteiger partial charge in [0, 0.05) is 6.04 Å². The summed E-state index contributed by atoms with van der Waals surface area (Å²) in [7, 11) is 1.38. The monoisotopic (exact) mass is 250 g/mol. The summed E-state index contributed by atoms with van der Waals surface area (Å²) in [6, 6.07) is 5.85. The van der Waals surface area contributed by atoms with Crippen molar-refractivity contribution in [2.45, 2.75) is 19.9 Å². The molecule has 0 unspecified atom stereocenters. The Morgan fingerprint density at radius 1 is 1.53 bits per heavy atom. The first kappa shape index (κ1) is 11.9. The van der Waals surface area contributed by atoms with E-state index in [-0.39, 0.29) is 12.0 Å². The molecule has 0 radical (unpaired) electrons. The van der Waals surface area contributed by atoms with Gasteiger partial charge < -0.3 is 4.74 Å². The Hall–Kier alpha value is -1.62. The summed E-state index contributed by atoms with van der Waals surface area (Å²) < 4.78 is 6.46. The number of aromatic nitrogens is 2. The summed E-state index contributed by atoms with van der Waals surface area (Å²) in [6.07, 6.45) is 0. The fraction of sp³-hybridized carbons (Fsp3) is 0.333. The highest BCUT2D eigenvalue weighted by Crippen LogP contribution is 2.25. The Balaban J connectivity index is 2.48. The van der Waals surface area contributed by atoms with E-state index in [1.54, 1.807) is 22.1 Å². The van der Waals surface area contributed by atoms with E-state index in [0.717, 1.165) is 10.6 Å². The summed E-state index contributed by atoms with van der Waals surface area (Å²) in [5, 5.41) is 6.44. The number of esters is 1. The van der Waals surface area contributed by atoms with Gasteiger partial charge in [-0.1, -0.05) is 6.07 Å². The molecule has 0 N–H and O–H groups in total. The zero-order valence-electron chi connectivity index (χ0n) is 10.0. The van der Waals surface area contributed by atoms with Crippen LogP contribution in [-0.4, -0.2) is 22.9 Å². The van der Waals surface area contributed by atoms with Crippen LogP contribution in [0.3, 0.4) is 0 Å². The molecule has 90 valence electrons. The predicted molar refractivity (Wildman–Crippen MR) is 67.3 cm³/mol. The molecule has 0 amide bonds. The van der Waals surface area contributed by atoms with Crippen molar-refractivity contribution in [1.29, 1.82) is 0 Å². The molecule has 0 saturated heterocycles. The number of ether oxygens (including phenoxy) is 1. The molecule has 0 bridgehead atoms. The van der Waals surface area contributed by atoms with Crippen LogP contribution in [0.15, 0.2) is 23.6 Å². The first-order valence-electron chi connectivity index (χ1n) is 5.35. The number of carbonyl (C=O) groups excluding carboxylic acids is 1. The van der Waals surface area contributed by atoms with E-state index in [1.165, 1.54) is 7.11 Å². The van der Waals surface area contributed by atoms with Crippen LogP contribution >= 0.6 is 11.3 Å². The minimum atomic E-state index is -0.353. The third-order valence-electron chi connectivity index (χ3n) is 2.39. The van der Waals surface area contributed by atoms with Gasteiger partial charge in [0.2, 0.25) is 0 Å². The minimum absolute atomic E-state index is 0.123. The molecule has 2 rings (SSSR count). The number of thiophene rings is 1. The standard InChI is InChI=1S/C12H14N2O2S/c1-8(2)14-10(12(15)16-3)7-9(13-14)11-5-4-6-17-11/h4-8H,1-3H3. The van der Waals surface area contributed by atoms with Crippen molar-refractivity contribution in [3.63, 3.8) is 0 Å². The molecule has 2 aromatic heterocycles. The maximum absolute atomic E-state index is 11.6. The second-order valence-electron chi connectivity index (χ2n) is 3.92. The number of hydrogen-bond donors (Lipinski definition) is 0. The van der Waals surface area contributed by atoms with Gasteiger partial charge in [-0.15, -0.1) is 11.3 Å². The Bertz CT molecular complexity index is 515. The maximum Gasteiger partial charge on any atom is 0.356 e. The third-order valence-corrected chi connectivity index (χ3v) is 3.29. The molecule has 2 aromatic rings. The zero-order chi connectivity index (χ0) is 12.4. The van der Waals surface area contributed by atoms with Gasteiger partial charge in [0.05, 0.1) is 12.0 Å². The van der Waals surface area contributed by atoms with Gasteiger partial charge in [0.1, 0.15) is 11.4 Å². The van der Waals surface area contributed by atoms with E-state index in [1.807, 2.05) is 31.4 Å². The SMILES string of the molecule is COC(=O)c1cc(-c2cccs2)nn1C(C)C. The van der Waals surface area contributed by atoms with Gasteiger partial charge in [-0.3, -0.25) is 4.68 Å². The largest absolute Gasteiger partial charge is 0.464 e. The Kier molecular flexibility index (Phi) is 3.28. The van der Waals surface area contributed by atoms with Gasteiger partial charge in [-0.25, -0.2) is 4.79 Å². The summed E-state index contributed by atoms with van der Waals surface area (Å²) in [6.45, 7) is 3.97. The van der Waals surface area contributed by atoms with Crippen LogP contribution in [0.5, 0.6) is 0 Å². The number of carbonyl (C=O) groups is 1. The fourth-order valence-corrected chi connectivity index (χ4v) is 2.27. The van der Waals surface area contributed by atoms with E-state index < -0.39 is 0 Å². The van der Waals surface area contributed by atoms with Crippen molar-refractivity contribution in [2.24, 2.45) is 0 Å². The van der Waals surface area contributed by atoms with E-state index in [4.69, 9.17) is 4.74 Å². The molecule has 0 saturated carbocycles. The molecule has 0 spiro atoms. The number of nitrogens with zero attached hydrogens (tertiary/aromatic N) is 2. The van der Waals surface area contributed by atoms with Crippen molar-refractivity contribution >= 4 is 17.3 Å². The zero-order valence-corrected chi connectivity index (χ0v) is 10.8. The predicted octanol–water partition coefficient (Wildman–Crippen LogP) is 2.98. The first-order valence-corrected chi connectivity index (χ1v) is 6.23. The highest BCUT2D eigenvalue weighted by Gasteiger charge is 2.18. The number of hydrogen-bond acceptors (Lipinski definition) is 4. The molecular weight excluding hydrogens is 236 g/mol. The average molecular weight is 250 g/mol. The lowest BCUT2D eigenvalue weighted by atomic mass is 10.3. The van der Waals surface area contributed by atoms with Gasteiger partial charge in [0.25, 0.3) is 0 Å². The molecule has 2 heterocycles. The molecule has 0 aliphatic carbocycles. The average Bonchev–Trinajstić information content (AvgIpc) is 2.95. The van der Waals surface area contributed by atoms with Crippen LogP contribution in [0.1, 0.15) is 30.4 Å². The highest BCUT2D eigenvalue weighted by atomic mass is 32.1. The van der Waals surface area contributed by atoms with Crippen LogP contribution in [0.25, 0.3) is 10.6 Å². The van der Waals surface area contributed by atoms with Crippen molar-refractivity contribution < 1.29 is 9.53 Å². The van der Waals surface area contributed by atoms with Crippen LogP contribution in [-0.2, 0) is 4.74 Å². The van der Waals surface area contributed by atoms with Crippen molar-refractivity contribution in [3.05, 3.63) is 29.3 Å². The molecule has 0 aliphatic rings. The first-order chi connectivity index (χ1) is 8.13. The molecule has 4 nitrogen and oxygen atoms in total. The van der Waals surface area contributed by atoms with Crippen LogP contribution in [0.2, 0.25) is 0 Å². The lowest BCUT2D eigenvalue weighted by molar-refractivity contribution is 0.0584. The van der Waals surface area contributed by atoms with Gasteiger partial charge >= 0.3 is 5.97 Å². The summed E-state index contributed by atoms with van der Waals surface area (Å²) in [5.74, 6) is -0.353. The normalized spacial score (nSPS) is 10.8. The smallest absolute Gasteiger partial charge is 0.356 e. The highest BCUT2D eigenvalue weighted by molar-refractivity contribution is 7.13. The summed E-state index contributed by atoms with van der Waals surface area (Å²) in [4.78, 5) is 12.7. The number of methoxy groups -OCH3 is 1. The summed E-state index contributed by atoms with van der Waals surface area (Å²) >= 11 is 1.60. The number of rotatable bonds is 3. The van der Waals surface area contributed by atoms with E-state index in [2.05, 4.69) is 5.10 Å². The molecule has 0 atom stereocenters. The van der Waals surface area contributed by atoms with Gasteiger partial charge in [-0.2, -0.15) is 5.10 Å². The molecule has 17 heavy (non-hydrogen) atoms. The summed E-state index contributed by atoms with van der Waals surface area (Å²) in [5.41, 5.74) is 1.31. The van der Waals surface area contributed by atoms with Crippen LogP contribution in [0, 0.1) is 0 Å². The molecule has 0 fully saturated rings. The Morgan fingerprint density at radius 3 is 2.82 bits per heavy atom. The minimum Gasteiger partial charge on any atom is -0.464 e. The fourth-order valence-electron chi connectivity index (χ4n) is 1.59. The van der Waals surface area contributed by atoms with E-state index in [9.17, 15) is 4.79 Å². The quantitative estimate of drug-likeness (QED) is 0.787. The topological polar surface area (TPSA) is 44.1 Å². The molecule has 5 heteroatoms. The van der Waals surface area contributed by atoms with Gasteiger partial charge in [-0.05, 0) is 31.4 Å². The second-order valence-corrected chi connectivity index (χ2v) is 4.87.